The lowest BCUT2D eigenvalue weighted by Crippen LogP contribution is -2.24. The standard InChI is InChI=1S/C15H23N3O2/c1-11(10-16)8-9-14(19)17-13-7-5-4-6-12(13)15(20)18(2)3/h4-7,11H,8-10,16H2,1-3H3,(H,17,19). The van der Waals surface area contributed by atoms with Gasteiger partial charge in [-0.15, -0.1) is 0 Å². The molecule has 5 nitrogen and oxygen atoms in total. The first kappa shape index (κ1) is 16.2. The zero-order valence-corrected chi connectivity index (χ0v) is 12.3. The summed E-state index contributed by atoms with van der Waals surface area (Å²) in [5.74, 6) is 0.0972. The maximum Gasteiger partial charge on any atom is 0.255 e. The van der Waals surface area contributed by atoms with Gasteiger partial charge in [-0.3, -0.25) is 9.59 Å². The van der Waals surface area contributed by atoms with Crippen LogP contribution in [0.25, 0.3) is 0 Å². The molecule has 20 heavy (non-hydrogen) atoms. The van der Waals surface area contributed by atoms with Crippen molar-refractivity contribution in [2.45, 2.75) is 19.8 Å². The molecule has 3 N–H and O–H groups in total. The van der Waals surface area contributed by atoms with Crippen molar-refractivity contribution in [3.8, 4) is 0 Å². The summed E-state index contributed by atoms with van der Waals surface area (Å²) in [4.78, 5) is 25.4. The number of benzene rings is 1. The lowest BCUT2D eigenvalue weighted by Gasteiger charge is -2.15. The smallest absolute Gasteiger partial charge is 0.255 e. The Balaban J connectivity index is 2.72. The van der Waals surface area contributed by atoms with Crippen LogP contribution in [0.15, 0.2) is 24.3 Å². The first-order valence-corrected chi connectivity index (χ1v) is 6.76. The van der Waals surface area contributed by atoms with Gasteiger partial charge in [-0.1, -0.05) is 19.1 Å². The molecule has 110 valence electrons. The summed E-state index contributed by atoms with van der Waals surface area (Å²) < 4.78 is 0. The molecular weight excluding hydrogens is 254 g/mol. The van der Waals surface area contributed by atoms with Gasteiger partial charge in [0.25, 0.3) is 5.91 Å². The van der Waals surface area contributed by atoms with E-state index in [0.29, 0.717) is 30.1 Å². The van der Waals surface area contributed by atoms with Crippen LogP contribution in [0.2, 0.25) is 0 Å². The fourth-order valence-corrected chi connectivity index (χ4v) is 1.73. The Hall–Kier alpha value is -1.88. The molecule has 0 aliphatic rings. The van der Waals surface area contributed by atoms with Gasteiger partial charge in [-0.25, -0.2) is 0 Å². The molecule has 1 unspecified atom stereocenters. The molecule has 1 atom stereocenters. The summed E-state index contributed by atoms with van der Waals surface area (Å²) in [6.07, 6.45) is 1.15. The van der Waals surface area contributed by atoms with Crippen molar-refractivity contribution >= 4 is 17.5 Å². The second-order valence-electron chi connectivity index (χ2n) is 5.17. The minimum absolute atomic E-state index is 0.0932. The first-order valence-electron chi connectivity index (χ1n) is 6.76. The van der Waals surface area contributed by atoms with E-state index >= 15 is 0 Å². The highest BCUT2D eigenvalue weighted by Gasteiger charge is 2.14. The van der Waals surface area contributed by atoms with Crippen LogP contribution in [0, 0.1) is 5.92 Å². The lowest BCUT2D eigenvalue weighted by molar-refractivity contribution is -0.116. The van der Waals surface area contributed by atoms with E-state index in [-0.39, 0.29) is 11.8 Å². The molecule has 1 aromatic rings. The molecule has 5 heteroatoms. The molecule has 0 heterocycles. The number of nitrogens with two attached hydrogens (primary N) is 1. The fraction of sp³-hybridized carbons (Fsp3) is 0.467. The van der Waals surface area contributed by atoms with Crippen LogP contribution in [0.1, 0.15) is 30.1 Å². The number of nitrogens with one attached hydrogen (secondary N) is 1. The summed E-state index contributed by atoms with van der Waals surface area (Å²) >= 11 is 0. The van der Waals surface area contributed by atoms with E-state index in [4.69, 9.17) is 5.73 Å². The van der Waals surface area contributed by atoms with E-state index < -0.39 is 0 Å². The summed E-state index contributed by atoms with van der Waals surface area (Å²) in [6, 6.07) is 7.02. The van der Waals surface area contributed by atoms with Crippen molar-refractivity contribution in [3.63, 3.8) is 0 Å². The second-order valence-corrected chi connectivity index (χ2v) is 5.17. The molecule has 0 aliphatic carbocycles. The molecule has 0 aliphatic heterocycles. The van der Waals surface area contributed by atoms with Crippen molar-refractivity contribution in [2.75, 3.05) is 26.0 Å². The number of hydrogen-bond donors (Lipinski definition) is 2. The van der Waals surface area contributed by atoms with Crippen LogP contribution in [0.4, 0.5) is 5.69 Å². The Bertz CT molecular complexity index is 472. The molecular formula is C15H23N3O2. The fourth-order valence-electron chi connectivity index (χ4n) is 1.73. The third kappa shape index (κ3) is 4.66. The van der Waals surface area contributed by atoms with E-state index in [1.165, 1.54) is 4.90 Å². The molecule has 0 radical (unpaired) electrons. The van der Waals surface area contributed by atoms with Gasteiger partial charge in [0.15, 0.2) is 0 Å². The normalized spacial score (nSPS) is 11.8. The van der Waals surface area contributed by atoms with Crippen LogP contribution in [-0.4, -0.2) is 37.4 Å². The Labute approximate surface area is 120 Å². The van der Waals surface area contributed by atoms with Crippen molar-refractivity contribution in [1.82, 2.24) is 4.90 Å². The second kappa shape index (κ2) is 7.65. The van der Waals surface area contributed by atoms with E-state index in [9.17, 15) is 9.59 Å². The minimum atomic E-state index is -0.128. The van der Waals surface area contributed by atoms with Gasteiger partial charge in [-0.05, 0) is 31.0 Å². The van der Waals surface area contributed by atoms with Gasteiger partial charge in [-0.2, -0.15) is 0 Å². The highest BCUT2D eigenvalue weighted by Crippen LogP contribution is 2.17. The molecule has 0 aromatic heterocycles. The predicted octanol–water partition coefficient (Wildman–Crippen LogP) is 1.70. The zero-order chi connectivity index (χ0) is 15.1. The Morgan fingerprint density at radius 3 is 2.55 bits per heavy atom. The van der Waals surface area contributed by atoms with E-state index in [1.54, 1.807) is 38.4 Å². The molecule has 1 rings (SSSR count). The Morgan fingerprint density at radius 1 is 1.30 bits per heavy atom. The Morgan fingerprint density at radius 2 is 1.95 bits per heavy atom. The largest absolute Gasteiger partial charge is 0.345 e. The number of para-hydroxylation sites is 1. The summed E-state index contributed by atoms with van der Waals surface area (Å²) in [5.41, 5.74) is 6.58. The van der Waals surface area contributed by atoms with Gasteiger partial charge in [0, 0.05) is 20.5 Å². The average molecular weight is 277 g/mol. The number of carbonyl (C=O) groups excluding carboxylic acids is 2. The zero-order valence-electron chi connectivity index (χ0n) is 12.3. The highest BCUT2D eigenvalue weighted by molar-refractivity contribution is 6.03. The monoisotopic (exact) mass is 277 g/mol. The van der Waals surface area contributed by atoms with Gasteiger partial charge in [0.05, 0.1) is 11.3 Å². The molecule has 0 spiro atoms. The van der Waals surface area contributed by atoms with E-state index in [2.05, 4.69) is 5.32 Å². The van der Waals surface area contributed by atoms with Crippen molar-refractivity contribution < 1.29 is 9.59 Å². The summed E-state index contributed by atoms with van der Waals surface area (Å²) in [7, 11) is 3.37. The summed E-state index contributed by atoms with van der Waals surface area (Å²) in [6.45, 7) is 2.58. The van der Waals surface area contributed by atoms with Crippen LogP contribution in [0.3, 0.4) is 0 Å². The molecule has 0 saturated heterocycles. The third-order valence-electron chi connectivity index (χ3n) is 3.10. The van der Waals surface area contributed by atoms with Crippen LogP contribution in [0.5, 0.6) is 0 Å². The predicted molar refractivity (Wildman–Crippen MR) is 80.5 cm³/mol. The van der Waals surface area contributed by atoms with E-state index in [1.807, 2.05) is 6.92 Å². The Kier molecular flexibility index (Phi) is 6.18. The number of anilines is 1. The summed E-state index contributed by atoms with van der Waals surface area (Å²) in [5, 5.41) is 2.80. The number of rotatable bonds is 6. The van der Waals surface area contributed by atoms with Crippen LogP contribution in [-0.2, 0) is 4.79 Å². The van der Waals surface area contributed by atoms with Gasteiger partial charge in [0.1, 0.15) is 0 Å². The number of nitrogens with zero attached hydrogens (tertiary/aromatic N) is 1. The molecule has 2 amide bonds. The number of hydrogen-bond acceptors (Lipinski definition) is 3. The van der Waals surface area contributed by atoms with Crippen molar-refractivity contribution in [3.05, 3.63) is 29.8 Å². The highest BCUT2D eigenvalue weighted by atomic mass is 16.2. The lowest BCUT2D eigenvalue weighted by atomic mass is 10.1. The molecule has 0 bridgehead atoms. The quantitative estimate of drug-likeness (QED) is 0.831. The van der Waals surface area contributed by atoms with Crippen LogP contribution < -0.4 is 11.1 Å². The van der Waals surface area contributed by atoms with Crippen molar-refractivity contribution in [1.29, 1.82) is 0 Å². The number of amides is 2. The van der Waals surface area contributed by atoms with Gasteiger partial charge < -0.3 is 16.0 Å². The van der Waals surface area contributed by atoms with Crippen molar-refractivity contribution in [2.24, 2.45) is 11.7 Å². The SMILES string of the molecule is CC(CN)CCC(=O)Nc1ccccc1C(=O)N(C)C. The number of carbonyl (C=O) groups is 2. The molecule has 0 saturated carbocycles. The minimum Gasteiger partial charge on any atom is -0.345 e. The van der Waals surface area contributed by atoms with Gasteiger partial charge in [0.2, 0.25) is 5.91 Å². The average Bonchev–Trinajstić information content (AvgIpc) is 2.44. The molecule has 1 aromatic carbocycles. The molecule has 0 fully saturated rings. The van der Waals surface area contributed by atoms with Gasteiger partial charge >= 0.3 is 0 Å². The maximum atomic E-state index is 12.0. The maximum absolute atomic E-state index is 12.0. The van der Waals surface area contributed by atoms with Crippen LogP contribution >= 0.6 is 0 Å². The third-order valence-corrected chi connectivity index (χ3v) is 3.10. The first-order chi connectivity index (χ1) is 9.45. The van der Waals surface area contributed by atoms with E-state index in [0.717, 1.165) is 6.42 Å². The topological polar surface area (TPSA) is 75.4 Å².